The maximum Gasteiger partial charge on any atom is 0.349 e. The summed E-state index contributed by atoms with van der Waals surface area (Å²) < 4.78 is 45.6. The highest BCUT2D eigenvalue weighted by Crippen LogP contribution is 2.26. The lowest BCUT2D eigenvalue weighted by Crippen LogP contribution is -2.30. The van der Waals surface area contributed by atoms with Crippen LogP contribution in [0.1, 0.15) is 16.6 Å². The molecule has 0 saturated heterocycles. The van der Waals surface area contributed by atoms with Gasteiger partial charge in [-0.05, 0) is 36.6 Å². The summed E-state index contributed by atoms with van der Waals surface area (Å²) >= 11 is 1.21. The Hall–Kier alpha value is -2.87. The molecule has 1 amide bonds. The van der Waals surface area contributed by atoms with Crippen LogP contribution in [-0.2, 0) is 9.53 Å². The molecule has 1 atom stereocenters. The standard InChI is InChI=1S/C18H12F3NO3S/c1-9(17(23)22-12-7-6-11(19)15(20)16(12)21)25-18(24)14-8-10-4-2-3-5-13(10)26-14/h2-9H,1H3,(H,22,23)/t9-/m1/s1. The highest BCUT2D eigenvalue weighted by molar-refractivity contribution is 7.20. The van der Waals surface area contributed by atoms with E-state index in [1.807, 2.05) is 24.3 Å². The summed E-state index contributed by atoms with van der Waals surface area (Å²) in [6.07, 6.45) is -1.26. The Morgan fingerprint density at radius 2 is 1.81 bits per heavy atom. The highest BCUT2D eigenvalue weighted by Gasteiger charge is 2.22. The number of hydrogen-bond donors (Lipinski definition) is 1. The van der Waals surface area contributed by atoms with Crippen molar-refractivity contribution in [2.75, 3.05) is 5.32 Å². The Kier molecular flexibility index (Phi) is 4.94. The van der Waals surface area contributed by atoms with Crippen molar-refractivity contribution in [3.05, 3.63) is 64.8 Å². The van der Waals surface area contributed by atoms with Crippen molar-refractivity contribution in [3.63, 3.8) is 0 Å². The highest BCUT2D eigenvalue weighted by atomic mass is 32.1. The fourth-order valence-electron chi connectivity index (χ4n) is 2.21. The fraction of sp³-hybridized carbons (Fsp3) is 0.111. The van der Waals surface area contributed by atoms with Gasteiger partial charge in [0.15, 0.2) is 23.6 Å². The van der Waals surface area contributed by atoms with Crippen molar-refractivity contribution in [3.8, 4) is 0 Å². The number of hydrogen-bond acceptors (Lipinski definition) is 4. The molecule has 1 N–H and O–H groups in total. The van der Waals surface area contributed by atoms with E-state index in [1.54, 1.807) is 6.07 Å². The second-order valence-electron chi connectivity index (χ2n) is 5.41. The molecule has 3 rings (SSSR count). The molecule has 2 aromatic carbocycles. The molecule has 1 aromatic heterocycles. The zero-order valence-electron chi connectivity index (χ0n) is 13.4. The predicted octanol–water partition coefficient (Wildman–Crippen LogP) is 4.50. The van der Waals surface area contributed by atoms with Crippen LogP contribution in [0.15, 0.2) is 42.5 Å². The number of thiophene rings is 1. The molecule has 0 radical (unpaired) electrons. The van der Waals surface area contributed by atoms with Crippen LogP contribution in [0, 0.1) is 17.5 Å². The molecular formula is C18H12F3NO3S. The molecular weight excluding hydrogens is 367 g/mol. The van der Waals surface area contributed by atoms with E-state index < -0.39 is 41.1 Å². The van der Waals surface area contributed by atoms with Crippen molar-refractivity contribution in [2.24, 2.45) is 0 Å². The fourth-order valence-corrected chi connectivity index (χ4v) is 3.16. The smallest absolute Gasteiger partial charge is 0.349 e. The van der Waals surface area contributed by atoms with E-state index in [0.29, 0.717) is 10.9 Å². The number of esters is 1. The van der Waals surface area contributed by atoms with Crippen LogP contribution in [0.5, 0.6) is 0 Å². The maximum absolute atomic E-state index is 13.6. The molecule has 4 nitrogen and oxygen atoms in total. The van der Waals surface area contributed by atoms with Crippen molar-refractivity contribution in [1.29, 1.82) is 0 Å². The Labute approximate surface area is 150 Å². The number of anilines is 1. The number of amides is 1. The number of benzene rings is 2. The van der Waals surface area contributed by atoms with Crippen LogP contribution in [-0.4, -0.2) is 18.0 Å². The molecule has 0 fully saturated rings. The van der Waals surface area contributed by atoms with Gasteiger partial charge in [-0.3, -0.25) is 4.79 Å². The summed E-state index contributed by atoms with van der Waals surface area (Å²) in [5.74, 6) is -6.17. The number of fused-ring (bicyclic) bond motifs is 1. The number of halogens is 3. The molecule has 0 spiro atoms. The molecule has 0 saturated carbocycles. The average molecular weight is 379 g/mol. The van der Waals surface area contributed by atoms with Crippen molar-refractivity contribution in [1.82, 2.24) is 0 Å². The minimum absolute atomic E-state index is 0.310. The predicted molar refractivity (Wildman–Crippen MR) is 91.6 cm³/mol. The van der Waals surface area contributed by atoms with Gasteiger partial charge in [0.2, 0.25) is 0 Å². The third-order valence-electron chi connectivity index (χ3n) is 3.57. The van der Waals surface area contributed by atoms with Gasteiger partial charge in [-0.15, -0.1) is 11.3 Å². The molecule has 3 aromatic rings. The van der Waals surface area contributed by atoms with E-state index in [9.17, 15) is 22.8 Å². The Morgan fingerprint density at radius 1 is 1.08 bits per heavy atom. The van der Waals surface area contributed by atoms with E-state index in [4.69, 9.17) is 4.74 Å². The largest absolute Gasteiger partial charge is 0.448 e. The van der Waals surface area contributed by atoms with Crippen LogP contribution in [0.25, 0.3) is 10.1 Å². The van der Waals surface area contributed by atoms with Gasteiger partial charge in [-0.25, -0.2) is 18.0 Å². The summed E-state index contributed by atoms with van der Waals surface area (Å²) in [6.45, 7) is 1.29. The maximum atomic E-state index is 13.6. The molecule has 26 heavy (non-hydrogen) atoms. The number of rotatable bonds is 4. The van der Waals surface area contributed by atoms with Gasteiger partial charge in [0.1, 0.15) is 4.88 Å². The summed E-state index contributed by atoms with van der Waals surface area (Å²) in [4.78, 5) is 24.5. The number of nitrogens with one attached hydrogen (secondary N) is 1. The van der Waals surface area contributed by atoms with Crippen LogP contribution in [0.3, 0.4) is 0 Å². The summed E-state index contributed by atoms with van der Waals surface area (Å²) in [6, 6.07) is 10.6. The Morgan fingerprint density at radius 3 is 2.54 bits per heavy atom. The number of ether oxygens (including phenoxy) is 1. The van der Waals surface area contributed by atoms with Gasteiger partial charge in [0.05, 0.1) is 5.69 Å². The van der Waals surface area contributed by atoms with Gasteiger partial charge in [-0.2, -0.15) is 0 Å². The first-order chi connectivity index (χ1) is 12.4. The van der Waals surface area contributed by atoms with Gasteiger partial charge in [0, 0.05) is 4.70 Å². The lowest BCUT2D eigenvalue weighted by Gasteiger charge is -2.13. The minimum Gasteiger partial charge on any atom is -0.448 e. The average Bonchev–Trinajstić information content (AvgIpc) is 3.06. The molecule has 1 heterocycles. The van der Waals surface area contributed by atoms with Crippen LogP contribution >= 0.6 is 11.3 Å². The lowest BCUT2D eigenvalue weighted by molar-refractivity contribution is -0.123. The van der Waals surface area contributed by atoms with Gasteiger partial charge in [0.25, 0.3) is 5.91 Å². The molecule has 0 bridgehead atoms. The first kappa shape index (κ1) is 17.9. The molecule has 0 unspecified atom stereocenters. The quantitative estimate of drug-likeness (QED) is 0.536. The Balaban J connectivity index is 1.69. The first-order valence-corrected chi connectivity index (χ1v) is 8.32. The van der Waals surface area contributed by atoms with Crippen molar-refractivity contribution >= 4 is 39.0 Å². The second kappa shape index (κ2) is 7.17. The molecule has 0 aliphatic heterocycles. The SMILES string of the molecule is C[C@@H](OC(=O)c1cc2ccccc2s1)C(=O)Nc1ccc(F)c(F)c1F. The van der Waals surface area contributed by atoms with E-state index in [0.717, 1.165) is 16.2 Å². The molecule has 0 aliphatic carbocycles. The lowest BCUT2D eigenvalue weighted by atomic mass is 10.2. The zero-order valence-corrected chi connectivity index (χ0v) is 14.2. The Bertz CT molecular complexity index is 970. The minimum atomic E-state index is -1.70. The topological polar surface area (TPSA) is 55.4 Å². The number of carbonyl (C=O) groups is 2. The third kappa shape index (κ3) is 3.55. The summed E-state index contributed by atoms with van der Waals surface area (Å²) in [7, 11) is 0. The van der Waals surface area contributed by atoms with Crippen LogP contribution in [0.4, 0.5) is 18.9 Å². The van der Waals surface area contributed by atoms with E-state index >= 15 is 0 Å². The van der Waals surface area contributed by atoms with E-state index in [2.05, 4.69) is 5.32 Å². The zero-order chi connectivity index (χ0) is 18.8. The van der Waals surface area contributed by atoms with Crippen molar-refractivity contribution in [2.45, 2.75) is 13.0 Å². The van der Waals surface area contributed by atoms with Crippen LogP contribution < -0.4 is 5.32 Å². The van der Waals surface area contributed by atoms with Crippen molar-refractivity contribution < 1.29 is 27.5 Å². The molecule has 134 valence electrons. The summed E-state index contributed by atoms with van der Waals surface area (Å²) in [5, 5.41) is 2.93. The van der Waals surface area contributed by atoms with Gasteiger partial charge in [-0.1, -0.05) is 18.2 Å². The third-order valence-corrected chi connectivity index (χ3v) is 4.67. The van der Waals surface area contributed by atoms with Gasteiger partial charge < -0.3 is 10.1 Å². The number of carbonyl (C=O) groups excluding carboxylic acids is 2. The van der Waals surface area contributed by atoms with E-state index in [-0.39, 0.29) is 0 Å². The molecule has 0 aliphatic rings. The van der Waals surface area contributed by atoms with Crippen LogP contribution in [0.2, 0.25) is 0 Å². The van der Waals surface area contributed by atoms with Gasteiger partial charge >= 0.3 is 5.97 Å². The molecule has 8 heteroatoms. The first-order valence-electron chi connectivity index (χ1n) is 7.50. The second-order valence-corrected chi connectivity index (χ2v) is 6.49. The normalized spacial score (nSPS) is 12.0. The monoisotopic (exact) mass is 379 g/mol. The van der Waals surface area contributed by atoms with E-state index in [1.165, 1.54) is 18.3 Å². The summed E-state index contributed by atoms with van der Waals surface area (Å²) in [5.41, 5.74) is -0.543.